The van der Waals surface area contributed by atoms with E-state index in [0.29, 0.717) is 37.3 Å². The summed E-state index contributed by atoms with van der Waals surface area (Å²) >= 11 is 0. The van der Waals surface area contributed by atoms with Gasteiger partial charge < -0.3 is 20.5 Å². The van der Waals surface area contributed by atoms with Gasteiger partial charge in [0.1, 0.15) is 6.61 Å². The molecule has 0 radical (unpaired) electrons. The van der Waals surface area contributed by atoms with Gasteiger partial charge in [-0.3, -0.25) is 4.79 Å². The Hall–Kier alpha value is -2.01. The Morgan fingerprint density at radius 3 is 2.87 bits per heavy atom. The molecule has 3 unspecified atom stereocenters. The third kappa shape index (κ3) is 3.62. The van der Waals surface area contributed by atoms with Gasteiger partial charge in [-0.15, -0.1) is 0 Å². The summed E-state index contributed by atoms with van der Waals surface area (Å²) in [5, 5.41) is 3.32. The van der Waals surface area contributed by atoms with Crippen LogP contribution in [0.3, 0.4) is 0 Å². The highest BCUT2D eigenvalue weighted by Crippen LogP contribution is 2.61. The molecule has 164 valence electrons. The Kier molecular flexibility index (Phi) is 6.10. The summed E-state index contributed by atoms with van der Waals surface area (Å²) in [4.78, 5) is 12.2. The van der Waals surface area contributed by atoms with Crippen molar-refractivity contribution in [3.63, 3.8) is 0 Å². The first-order valence-electron chi connectivity index (χ1n) is 11.5. The van der Waals surface area contributed by atoms with E-state index < -0.39 is 0 Å². The summed E-state index contributed by atoms with van der Waals surface area (Å²) in [6.07, 6.45) is 9.11. The van der Waals surface area contributed by atoms with Crippen LogP contribution in [0.5, 0.6) is 11.5 Å². The lowest BCUT2D eigenvalue weighted by Crippen LogP contribution is -2.50. The molecule has 2 saturated carbocycles. The lowest BCUT2D eigenvalue weighted by atomic mass is 9.55. The number of methoxy groups -OCH3 is 1. The molecule has 0 aromatic heterocycles. The van der Waals surface area contributed by atoms with Gasteiger partial charge in [-0.05, 0) is 85.0 Å². The highest BCUT2D eigenvalue weighted by Gasteiger charge is 2.55. The monoisotopic (exact) mass is 412 g/mol. The van der Waals surface area contributed by atoms with Crippen LogP contribution in [0.15, 0.2) is 24.8 Å². The molecule has 0 heterocycles. The third-order valence-electron chi connectivity index (χ3n) is 8.07. The fraction of sp³-hybridized carbons (Fsp3) is 0.640. The Labute approximate surface area is 180 Å². The molecule has 30 heavy (non-hydrogen) atoms. The van der Waals surface area contributed by atoms with E-state index in [9.17, 15) is 4.79 Å². The normalized spacial score (nSPS) is 31.8. The number of benzene rings is 1. The first-order valence-corrected chi connectivity index (χ1v) is 11.5. The number of fused-ring (bicyclic) bond motifs is 5. The minimum Gasteiger partial charge on any atom is -0.493 e. The van der Waals surface area contributed by atoms with Crippen molar-refractivity contribution in [1.82, 2.24) is 5.32 Å². The van der Waals surface area contributed by atoms with Crippen LogP contribution in [0.25, 0.3) is 0 Å². The Balaban J connectivity index is 1.57. The Morgan fingerprint density at radius 1 is 1.30 bits per heavy atom. The number of amides is 1. The Morgan fingerprint density at radius 2 is 2.13 bits per heavy atom. The number of aryl methyl sites for hydroxylation is 1. The second kappa shape index (κ2) is 8.62. The van der Waals surface area contributed by atoms with E-state index in [1.54, 1.807) is 13.2 Å². The van der Waals surface area contributed by atoms with Gasteiger partial charge in [0.25, 0.3) is 0 Å². The minimum absolute atomic E-state index is 0.109. The van der Waals surface area contributed by atoms with Crippen LogP contribution in [-0.4, -0.2) is 32.2 Å². The summed E-state index contributed by atoms with van der Waals surface area (Å²) in [7, 11) is 1.71. The molecular formula is C25H36N2O3. The maximum Gasteiger partial charge on any atom is 0.221 e. The molecule has 1 amide bonds. The predicted octanol–water partition coefficient (Wildman–Crippen LogP) is 3.95. The zero-order valence-electron chi connectivity index (χ0n) is 18.4. The number of nitrogens with one attached hydrogen (secondary N) is 1. The summed E-state index contributed by atoms with van der Waals surface area (Å²) in [6.45, 7) is 7.06. The van der Waals surface area contributed by atoms with Crippen LogP contribution in [0.4, 0.5) is 0 Å². The number of ether oxygens (including phenoxy) is 2. The number of nitrogens with two attached hydrogens (primary N) is 1. The van der Waals surface area contributed by atoms with Gasteiger partial charge in [0.15, 0.2) is 11.5 Å². The highest BCUT2D eigenvalue weighted by molar-refractivity contribution is 5.76. The fourth-order valence-corrected chi connectivity index (χ4v) is 6.63. The topological polar surface area (TPSA) is 73.6 Å². The smallest absolute Gasteiger partial charge is 0.221 e. The molecule has 3 aliphatic carbocycles. The molecule has 2 fully saturated rings. The van der Waals surface area contributed by atoms with E-state index in [4.69, 9.17) is 15.2 Å². The first-order chi connectivity index (χ1) is 14.5. The molecule has 0 spiro atoms. The van der Waals surface area contributed by atoms with Gasteiger partial charge in [-0.1, -0.05) is 19.6 Å². The summed E-state index contributed by atoms with van der Waals surface area (Å²) in [6, 6.07) is 4.70. The van der Waals surface area contributed by atoms with E-state index in [-0.39, 0.29) is 17.4 Å². The second-order valence-corrected chi connectivity index (χ2v) is 9.50. The fourth-order valence-electron chi connectivity index (χ4n) is 6.63. The van der Waals surface area contributed by atoms with E-state index in [1.807, 2.05) is 0 Å². The van der Waals surface area contributed by atoms with Gasteiger partial charge in [0.05, 0.1) is 7.11 Å². The SMILES string of the molecule is C=CCOc1cc2c(cc1OC)C1CC[C@@]3(C)C(CC[C@@H]3NC(=O)CCN)C1CC2. The number of carbonyl (C=O) groups is 1. The molecule has 5 atom stereocenters. The Bertz CT molecular complexity index is 808. The first kappa shape index (κ1) is 21.2. The average molecular weight is 413 g/mol. The molecule has 0 bridgehead atoms. The lowest BCUT2D eigenvalue weighted by Gasteiger charge is -2.51. The van der Waals surface area contributed by atoms with Gasteiger partial charge in [-0.2, -0.15) is 0 Å². The van der Waals surface area contributed by atoms with Gasteiger partial charge >= 0.3 is 0 Å². The van der Waals surface area contributed by atoms with E-state index in [2.05, 4.69) is 31.0 Å². The van der Waals surface area contributed by atoms with Crippen LogP contribution < -0.4 is 20.5 Å². The molecule has 1 aromatic rings. The van der Waals surface area contributed by atoms with Crippen molar-refractivity contribution in [3.8, 4) is 11.5 Å². The van der Waals surface area contributed by atoms with E-state index in [1.165, 1.54) is 30.4 Å². The highest BCUT2D eigenvalue weighted by atomic mass is 16.5. The zero-order chi connectivity index (χ0) is 21.3. The van der Waals surface area contributed by atoms with Crippen molar-refractivity contribution in [2.45, 2.75) is 63.8 Å². The van der Waals surface area contributed by atoms with Crippen LogP contribution in [-0.2, 0) is 11.2 Å². The number of hydrogen-bond acceptors (Lipinski definition) is 4. The third-order valence-corrected chi connectivity index (χ3v) is 8.07. The van der Waals surface area contributed by atoms with Crippen molar-refractivity contribution in [2.24, 2.45) is 23.0 Å². The standard InChI is InChI=1S/C25H36N2O3/c1-4-13-30-22-14-16-5-6-18-17(19(16)15-21(22)29-3)9-11-25(2)20(18)7-8-23(25)27-24(28)10-12-26/h4,14-15,17-18,20,23H,1,5-13,26H2,2-3H3,(H,27,28)/t17?,18?,20?,23-,25-/m0/s1. The largest absolute Gasteiger partial charge is 0.493 e. The average Bonchev–Trinajstić information content (AvgIpc) is 3.07. The summed E-state index contributed by atoms with van der Waals surface area (Å²) < 4.78 is 11.5. The number of carbonyl (C=O) groups excluding carboxylic acids is 1. The second-order valence-electron chi connectivity index (χ2n) is 9.50. The van der Waals surface area contributed by atoms with Gasteiger partial charge in [0.2, 0.25) is 5.91 Å². The van der Waals surface area contributed by atoms with Crippen molar-refractivity contribution in [1.29, 1.82) is 0 Å². The van der Waals surface area contributed by atoms with Crippen molar-refractivity contribution in [3.05, 3.63) is 35.9 Å². The molecule has 0 aliphatic heterocycles. The van der Waals surface area contributed by atoms with Crippen LogP contribution >= 0.6 is 0 Å². The maximum absolute atomic E-state index is 12.2. The molecule has 1 aromatic carbocycles. The lowest BCUT2D eigenvalue weighted by molar-refractivity contribution is -0.122. The van der Waals surface area contributed by atoms with Crippen molar-refractivity contribution < 1.29 is 14.3 Å². The van der Waals surface area contributed by atoms with Gasteiger partial charge in [-0.25, -0.2) is 0 Å². The quantitative estimate of drug-likeness (QED) is 0.665. The van der Waals surface area contributed by atoms with Crippen molar-refractivity contribution >= 4 is 5.91 Å². The minimum atomic E-state index is 0.109. The molecule has 4 rings (SSSR count). The molecule has 3 N–H and O–H groups in total. The van der Waals surface area contributed by atoms with Crippen molar-refractivity contribution in [2.75, 3.05) is 20.3 Å². The summed E-state index contributed by atoms with van der Waals surface area (Å²) in [5.41, 5.74) is 8.63. The molecule has 5 nitrogen and oxygen atoms in total. The van der Waals surface area contributed by atoms with Crippen LogP contribution in [0.1, 0.15) is 62.5 Å². The molecular weight excluding hydrogens is 376 g/mol. The molecule has 3 aliphatic rings. The van der Waals surface area contributed by atoms with Crippen LogP contribution in [0.2, 0.25) is 0 Å². The summed E-state index contributed by atoms with van der Waals surface area (Å²) in [5.74, 6) is 3.67. The number of rotatable bonds is 7. The molecule has 5 heteroatoms. The van der Waals surface area contributed by atoms with Gasteiger partial charge in [0, 0.05) is 19.0 Å². The van der Waals surface area contributed by atoms with E-state index in [0.717, 1.165) is 30.8 Å². The maximum atomic E-state index is 12.2. The van der Waals surface area contributed by atoms with E-state index >= 15 is 0 Å². The zero-order valence-corrected chi connectivity index (χ0v) is 18.4. The predicted molar refractivity (Wildman–Crippen MR) is 119 cm³/mol. The number of hydrogen-bond donors (Lipinski definition) is 2. The molecule has 0 saturated heterocycles. The van der Waals surface area contributed by atoms with Crippen LogP contribution in [0, 0.1) is 17.3 Å².